The third kappa shape index (κ3) is 7.87. The highest BCUT2D eigenvalue weighted by Crippen LogP contribution is 2.50. The Bertz CT molecular complexity index is 1300. The van der Waals surface area contributed by atoms with Crippen LogP contribution < -0.4 is 35.6 Å². The third-order valence-corrected chi connectivity index (χ3v) is 7.84. The van der Waals surface area contributed by atoms with Crippen molar-refractivity contribution in [2.24, 2.45) is 5.92 Å². The molecule has 0 spiro atoms. The van der Waals surface area contributed by atoms with Crippen molar-refractivity contribution in [3.63, 3.8) is 0 Å². The average Bonchev–Trinajstić information content (AvgIpc) is 3.18. The van der Waals surface area contributed by atoms with Gasteiger partial charge in [0, 0.05) is 19.0 Å². The number of fused-ring (bicyclic) bond motifs is 3. The summed E-state index contributed by atoms with van der Waals surface area (Å²) in [6.45, 7) is 6.27. The second-order valence-corrected chi connectivity index (χ2v) is 11.5. The van der Waals surface area contributed by atoms with E-state index in [1.807, 2.05) is 18.4 Å². The first kappa shape index (κ1) is 32.1. The van der Waals surface area contributed by atoms with E-state index >= 15 is 0 Å². The Morgan fingerprint density at radius 3 is 2.39 bits per heavy atom. The zero-order valence-corrected chi connectivity index (χ0v) is 26.0. The van der Waals surface area contributed by atoms with Gasteiger partial charge in [0.2, 0.25) is 23.0 Å². The maximum atomic E-state index is 13.7. The molecule has 0 fully saturated rings. The molecule has 41 heavy (non-hydrogen) atoms. The molecule has 2 amide bonds. The van der Waals surface area contributed by atoms with Crippen LogP contribution in [0.1, 0.15) is 57.2 Å². The fourth-order valence-corrected chi connectivity index (χ4v) is 5.60. The Balaban J connectivity index is 2.16. The van der Waals surface area contributed by atoms with Gasteiger partial charge in [-0.2, -0.15) is 11.8 Å². The summed E-state index contributed by atoms with van der Waals surface area (Å²) in [5.41, 5.74) is 3.18. The van der Waals surface area contributed by atoms with Crippen molar-refractivity contribution >= 4 is 29.3 Å². The third-order valence-electron chi connectivity index (χ3n) is 7.19. The molecule has 2 atom stereocenters. The van der Waals surface area contributed by atoms with Gasteiger partial charge < -0.3 is 30.2 Å². The molecule has 0 bridgehead atoms. The lowest BCUT2D eigenvalue weighted by Crippen LogP contribution is -2.41. The predicted octanol–water partition coefficient (Wildman–Crippen LogP) is 4.56. The first-order valence-corrected chi connectivity index (χ1v) is 15.3. The summed E-state index contributed by atoms with van der Waals surface area (Å²) in [5, 5.41) is 9.26. The van der Waals surface area contributed by atoms with E-state index < -0.39 is 12.1 Å². The SMILES string of the molecule is COc1cc2c(c(OC)c1OC)-c1ccc(N[C@H](CCSC)C(=O)NCCC(C)C)c(=O)cc1[C@@H](NC(C)=O)CC2. The van der Waals surface area contributed by atoms with Crippen molar-refractivity contribution in [3.05, 3.63) is 45.6 Å². The summed E-state index contributed by atoms with van der Waals surface area (Å²) in [7, 11) is 4.69. The summed E-state index contributed by atoms with van der Waals surface area (Å²) in [6.07, 6.45) is 4.61. The van der Waals surface area contributed by atoms with Gasteiger partial charge in [0.15, 0.2) is 11.5 Å². The largest absolute Gasteiger partial charge is 0.493 e. The second-order valence-electron chi connectivity index (χ2n) is 10.5. The van der Waals surface area contributed by atoms with Crippen LogP contribution in [0.5, 0.6) is 17.2 Å². The number of carbonyl (C=O) groups excluding carboxylic acids is 2. The summed E-state index contributed by atoms with van der Waals surface area (Å²) in [4.78, 5) is 39.0. The maximum Gasteiger partial charge on any atom is 0.242 e. The van der Waals surface area contributed by atoms with Crippen LogP contribution in [0, 0.1) is 5.92 Å². The minimum atomic E-state index is -0.568. The molecule has 1 aliphatic carbocycles. The van der Waals surface area contributed by atoms with Gasteiger partial charge in [-0.05, 0) is 78.5 Å². The fraction of sp³-hybridized carbons (Fsp3) is 0.516. The van der Waals surface area contributed by atoms with Crippen LogP contribution in [0.4, 0.5) is 5.69 Å². The number of rotatable bonds is 13. The number of benzene rings is 1. The van der Waals surface area contributed by atoms with Gasteiger partial charge >= 0.3 is 0 Å². The molecule has 0 aromatic heterocycles. The minimum Gasteiger partial charge on any atom is -0.493 e. The van der Waals surface area contributed by atoms with Crippen LogP contribution in [-0.2, 0) is 16.0 Å². The van der Waals surface area contributed by atoms with E-state index in [9.17, 15) is 14.4 Å². The molecule has 3 rings (SSSR count). The molecule has 0 heterocycles. The molecule has 10 heteroatoms. The minimum absolute atomic E-state index is 0.132. The number of nitrogens with one attached hydrogen (secondary N) is 3. The van der Waals surface area contributed by atoms with Gasteiger partial charge in [-0.15, -0.1) is 0 Å². The maximum absolute atomic E-state index is 13.7. The molecule has 3 N–H and O–H groups in total. The molecule has 0 saturated carbocycles. The van der Waals surface area contributed by atoms with Crippen molar-refractivity contribution in [1.82, 2.24) is 10.6 Å². The van der Waals surface area contributed by atoms with E-state index in [2.05, 4.69) is 29.8 Å². The molecule has 2 aromatic carbocycles. The van der Waals surface area contributed by atoms with Gasteiger partial charge in [0.05, 0.1) is 33.1 Å². The van der Waals surface area contributed by atoms with Gasteiger partial charge in [-0.1, -0.05) is 19.9 Å². The van der Waals surface area contributed by atoms with Gasteiger partial charge in [-0.3, -0.25) is 14.4 Å². The zero-order valence-electron chi connectivity index (χ0n) is 25.1. The van der Waals surface area contributed by atoms with E-state index in [1.165, 1.54) is 6.92 Å². The van der Waals surface area contributed by atoms with Crippen LogP contribution >= 0.6 is 11.8 Å². The molecule has 0 saturated heterocycles. The standard InChI is InChI=1S/C31H43N3O6S/c1-18(2)12-14-32-31(37)25(13-15-41-7)34-24-11-9-21-22(17-26(24)36)23(33-19(3)35)10-8-20-16-27(38-4)29(39-5)30(40-6)28(20)21/h9,11,16-18,23,25H,8,10,12-15H2,1-7H3,(H,32,37)(H,33,35)(H,34,36)/t23-,25+/m0/s1. The van der Waals surface area contributed by atoms with E-state index in [4.69, 9.17) is 14.2 Å². The number of carbonyl (C=O) groups is 2. The van der Waals surface area contributed by atoms with Crippen LogP contribution in [-0.4, -0.2) is 57.7 Å². The average molecular weight is 586 g/mol. The summed E-state index contributed by atoms with van der Waals surface area (Å²) < 4.78 is 17.1. The summed E-state index contributed by atoms with van der Waals surface area (Å²) in [6, 6.07) is 6.07. The zero-order chi connectivity index (χ0) is 30.1. The monoisotopic (exact) mass is 585 g/mol. The molecular formula is C31H43N3O6S. The Hall–Kier alpha value is -3.40. The van der Waals surface area contributed by atoms with Crippen molar-refractivity contribution in [1.29, 1.82) is 0 Å². The number of amides is 2. The van der Waals surface area contributed by atoms with Gasteiger partial charge in [0.25, 0.3) is 0 Å². The molecule has 1 aliphatic rings. The first-order chi connectivity index (χ1) is 19.6. The van der Waals surface area contributed by atoms with Crippen molar-refractivity contribution < 1.29 is 23.8 Å². The van der Waals surface area contributed by atoms with Crippen LogP contribution in [0.2, 0.25) is 0 Å². The van der Waals surface area contributed by atoms with Crippen LogP contribution in [0.15, 0.2) is 29.1 Å². The highest BCUT2D eigenvalue weighted by atomic mass is 32.2. The molecule has 0 aliphatic heterocycles. The first-order valence-electron chi connectivity index (χ1n) is 14.0. The molecule has 0 radical (unpaired) electrons. The van der Waals surface area contributed by atoms with E-state index in [0.717, 1.165) is 28.9 Å². The number of thioether (sulfide) groups is 1. The highest BCUT2D eigenvalue weighted by molar-refractivity contribution is 7.98. The number of hydrogen-bond donors (Lipinski definition) is 3. The molecule has 224 valence electrons. The highest BCUT2D eigenvalue weighted by Gasteiger charge is 2.30. The van der Waals surface area contributed by atoms with Gasteiger partial charge in [0.1, 0.15) is 6.04 Å². The quantitative estimate of drug-likeness (QED) is 0.314. The Morgan fingerprint density at radius 2 is 1.78 bits per heavy atom. The molecule has 2 aromatic rings. The fourth-order valence-electron chi connectivity index (χ4n) is 5.13. The molecule has 0 unspecified atom stereocenters. The number of aryl methyl sites for hydroxylation is 1. The smallest absolute Gasteiger partial charge is 0.242 e. The summed E-state index contributed by atoms with van der Waals surface area (Å²) in [5.74, 6) is 2.38. The van der Waals surface area contributed by atoms with Crippen molar-refractivity contribution in [3.8, 4) is 28.4 Å². The predicted molar refractivity (Wildman–Crippen MR) is 166 cm³/mol. The van der Waals surface area contributed by atoms with E-state index in [0.29, 0.717) is 60.2 Å². The molecule has 9 nitrogen and oxygen atoms in total. The number of hydrogen-bond acceptors (Lipinski definition) is 8. The normalized spacial score (nSPS) is 14.7. The number of methoxy groups -OCH3 is 3. The topological polar surface area (TPSA) is 115 Å². The van der Waals surface area contributed by atoms with Crippen LogP contribution in [0.3, 0.4) is 0 Å². The van der Waals surface area contributed by atoms with Crippen molar-refractivity contribution in [2.45, 2.75) is 58.5 Å². The Morgan fingerprint density at radius 1 is 1.05 bits per heavy atom. The van der Waals surface area contributed by atoms with Crippen LogP contribution in [0.25, 0.3) is 11.1 Å². The lowest BCUT2D eigenvalue weighted by Gasteiger charge is -2.19. The van der Waals surface area contributed by atoms with Gasteiger partial charge in [-0.25, -0.2) is 0 Å². The lowest BCUT2D eigenvalue weighted by atomic mass is 9.95. The lowest BCUT2D eigenvalue weighted by molar-refractivity contribution is -0.122. The number of anilines is 1. The Labute approximate surface area is 247 Å². The van der Waals surface area contributed by atoms with E-state index in [-0.39, 0.29) is 17.2 Å². The second kappa shape index (κ2) is 15.0. The Kier molecular flexibility index (Phi) is 11.8. The summed E-state index contributed by atoms with van der Waals surface area (Å²) >= 11 is 1.65. The number of ether oxygens (including phenoxy) is 3. The molecular weight excluding hydrogens is 542 g/mol. The van der Waals surface area contributed by atoms with Crippen molar-refractivity contribution in [2.75, 3.05) is 45.2 Å². The van der Waals surface area contributed by atoms with E-state index in [1.54, 1.807) is 45.2 Å².